The van der Waals surface area contributed by atoms with Crippen LogP contribution in [0.2, 0.25) is 0 Å². The van der Waals surface area contributed by atoms with Crippen LogP contribution >= 0.6 is 27.3 Å². The van der Waals surface area contributed by atoms with E-state index >= 15 is 0 Å². The predicted octanol–water partition coefficient (Wildman–Crippen LogP) is 3.64. The van der Waals surface area contributed by atoms with Gasteiger partial charge in [-0.25, -0.2) is 9.37 Å². The molecule has 0 fully saturated rings. The zero-order chi connectivity index (χ0) is 12.3. The summed E-state index contributed by atoms with van der Waals surface area (Å²) < 4.78 is 13.7. The van der Waals surface area contributed by atoms with E-state index in [-0.39, 0.29) is 5.82 Å². The van der Waals surface area contributed by atoms with E-state index in [0.717, 1.165) is 17.1 Å². The highest BCUT2D eigenvalue weighted by atomic mass is 79.9. The Morgan fingerprint density at radius 2 is 2.24 bits per heavy atom. The lowest BCUT2D eigenvalue weighted by molar-refractivity contribution is 0.614. The normalized spacial score (nSPS) is 10.8. The van der Waals surface area contributed by atoms with Crippen molar-refractivity contribution in [3.05, 3.63) is 50.1 Å². The second kappa shape index (κ2) is 5.71. The standard InChI is InChI=1S/C12H12BrFN2S/c1-8-16-7-10(17-8)6-15-5-9-2-3-11(13)12(14)4-9/h2-4,7,15H,5-6H2,1H3. The summed E-state index contributed by atoms with van der Waals surface area (Å²) in [6.45, 7) is 3.41. The highest BCUT2D eigenvalue weighted by Crippen LogP contribution is 2.16. The summed E-state index contributed by atoms with van der Waals surface area (Å²) in [5, 5.41) is 4.33. The highest BCUT2D eigenvalue weighted by molar-refractivity contribution is 9.10. The van der Waals surface area contributed by atoms with Crippen molar-refractivity contribution in [2.24, 2.45) is 0 Å². The van der Waals surface area contributed by atoms with Crippen molar-refractivity contribution in [3.63, 3.8) is 0 Å². The van der Waals surface area contributed by atoms with Crippen molar-refractivity contribution in [2.75, 3.05) is 0 Å². The predicted molar refractivity (Wildman–Crippen MR) is 71.5 cm³/mol. The molecule has 1 aromatic heterocycles. The molecule has 1 aromatic carbocycles. The van der Waals surface area contributed by atoms with Crippen LogP contribution in [0.15, 0.2) is 28.9 Å². The Hall–Kier alpha value is -0.780. The fourth-order valence-electron chi connectivity index (χ4n) is 1.47. The number of rotatable bonds is 4. The quantitative estimate of drug-likeness (QED) is 0.932. The summed E-state index contributed by atoms with van der Waals surface area (Å²) in [5.41, 5.74) is 0.937. The zero-order valence-electron chi connectivity index (χ0n) is 9.34. The van der Waals surface area contributed by atoms with Gasteiger partial charge in [-0.05, 0) is 40.5 Å². The third-order valence-corrected chi connectivity index (χ3v) is 3.84. The van der Waals surface area contributed by atoms with Gasteiger partial charge in [0.15, 0.2) is 0 Å². The van der Waals surface area contributed by atoms with Crippen LogP contribution in [-0.2, 0) is 13.1 Å². The van der Waals surface area contributed by atoms with Gasteiger partial charge in [-0.3, -0.25) is 0 Å². The molecule has 2 nitrogen and oxygen atoms in total. The molecule has 17 heavy (non-hydrogen) atoms. The maximum absolute atomic E-state index is 13.3. The average molecular weight is 315 g/mol. The van der Waals surface area contributed by atoms with Gasteiger partial charge in [-0.15, -0.1) is 11.3 Å². The van der Waals surface area contributed by atoms with E-state index in [4.69, 9.17) is 0 Å². The number of benzene rings is 1. The van der Waals surface area contributed by atoms with Crippen LogP contribution in [0.5, 0.6) is 0 Å². The first-order valence-corrected chi connectivity index (χ1v) is 6.82. The Labute approximate surface area is 112 Å². The van der Waals surface area contributed by atoms with E-state index < -0.39 is 0 Å². The molecule has 2 rings (SSSR count). The van der Waals surface area contributed by atoms with Crippen molar-refractivity contribution >= 4 is 27.3 Å². The first-order chi connectivity index (χ1) is 8.15. The molecule has 0 radical (unpaired) electrons. The summed E-state index contributed by atoms with van der Waals surface area (Å²) in [5.74, 6) is -0.224. The first-order valence-electron chi connectivity index (χ1n) is 5.21. The van der Waals surface area contributed by atoms with Gasteiger partial charge in [0, 0.05) is 24.2 Å². The maximum atomic E-state index is 13.3. The van der Waals surface area contributed by atoms with Crippen LogP contribution in [0.1, 0.15) is 15.4 Å². The Bertz CT molecular complexity index is 513. The number of nitrogens with zero attached hydrogens (tertiary/aromatic N) is 1. The minimum Gasteiger partial charge on any atom is -0.308 e. The van der Waals surface area contributed by atoms with E-state index in [2.05, 4.69) is 26.2 Å². The fourth-order valence-corrected chi connectivity index (χ4v) is 2.48. The molecule has 0 saturated heterocycles. The van der Waals surface area contributed by atoms with Gasteiger partial charge >= 0.3 is 0 Å². The molecule has 0 bridgehead atoms. The van der Waals surface area contributed by atoms with E-state index in [1.165, 1.54) is 10.9 Å². The zero-order valence-corrected chi connectivity index (χ0v) is 11.7. The second-order valence-electron chi connectivity index (χ2n) is 3.70. The van der Waals surface area contributed by atoms with Crippen LogP contribution < -0.4 is 5.32 Å². The molecule has 0 aliphatic heterocycles. The van der Waals surface area contributed by atoms with Crippen LogP contribution in [0.4, 0.5) is 4.39 Å². The molecule has 1 heterocycles. The number of nitrogens with one attached hydrogen (secondary N) is 1. The molecule has 1 N–H and O–H groups in total. The Morgan fingerprint density at radius 3 is 2.88 bits per heavy atom. The molecular formula is C12H12BrFN2S. The lowest BCUT2D eigenvalue weighted by Gasteiger charge is -2.04. The molecule has 0 unspecified atom stereocenters. The van der Waals surface area contributed by atoms with Crippen molar-refractivity contribution in [1.82, 2.24) is 10.3 Å². The monoisotopic (exact) mass is 314 g/mol. The van der Waals surface area contributed by atoms with Gasteiger partial charge < -0.3 is 5.32 Å². The van der Waals surface area contributed by atoms with Crippen molar-refractivity contribution < 1.29 is 4.39 Å². The van der Waals surface area contributed by atoms with Crippen LogP contribution in [0.25, 0.3) is 0 Å². The summed E-state index contributed by atoms with van der Waals surface area (Å²) >= 11 is 4.81. The molecule has 0 amide bonds. The molecule has 0 aliphatic carbocycles. The van der Waals surface area contributed by atoms with Crippen molar-refractivity contribution in [3.8, 4) is 0 Å². The van der Waals surface area contributed by atoms with Crippen molar-refractivity contribution in [1.29, 1.82) is 0 Å². The molecule has 0 aliphatic rings. The Balaban J connectivity index is 1.87. The fraction of sp³-hybridized carbons (Fsp3) is 0.250. The van der Waals surface area contributed by atoms with Crippen LogP contribution in [0, 0.1) is 12.7 Å². The number of aromatic nitrogens is 1. The third kappa shape index (κ3) is 3.59. The molecule has 0 saturated carbocycles. The number of thiazole rings is 1. The average Bonchev–Trinajstić information content (AvgIpc) is 2.70. The first kappa shape index (κ1) is 12.7. The van der Waals surface area contributed by atoms with Crippen molar-refractivity contribution in [2.45, 2.75) is 20.0 Å². The minimum atomic E-state index is -0.224. The largest absolute Gasteiger partial charge is 0.308 e. The maximum Gasteiger partial charge on any atom is 0.137 e. The van der Waals surface area contributed by atoms with E-state index in [0.29, 0.717) is 11.0 Å². The SMILES string of the molecule is Cc1ncc(CNCc2ccc(Br)c(F)c2)s1. The van der Waals surface area contributed by atoms with Crippen LogP contribution in [0.3, 0.4) is 0 Å². The van der Waals surface area contributed by atoms with Gasteiger partial charge in [0.1, 0.15) is 5.82 Å². The molecular weight excluding hydrogens is 303 g/mol. The lowest BCUT2D eigenvalue weighted by Crippen LogP contribution is -2.11. The summed E-state index contributed by atoms with van der Waals surface area (Å²) in [6, 6.07) is 5.16. The highest BCUT2D eigenvalue weighted by Gasteiger charge is 2.01. The van der Waals surface area contributed by atoms with Gasteiger partial charge in [0.25, 0.3) is 0 Å². The van der Waals surface area contributed by atoms with Gasteiger partial charge in [-0.2, -0.15) is 0 Å². The minimum absolute atomic E-state index is 0.224. The Kier molecular flexibility index (Phi) is 4.25. The smallest absolute Gasteiger partial charge is 0.137 e. The Morgan fingerprint density at radius 1 is 1.41 bits per heavy atom. The molecule has 5 heteroatoms. The van der Waals surface area contributed by atoms with Crippen LogP contribution in [-0.4, -0.2) is 4.98 Å². The molecule has 90 valence electrons. The van der Waals surface area contributed by atoms with E-state index in [1.807, 2.05) is 19.2 Å². The van der Waals surface area contributed by atoms with Gasteiger partial charge in [-0.1, -0.05) is 6.07 Å². The summed E-state index contributed by atoms with van der Waals surface area (Å²) in [4.78, 5) is 5.37. The summed E-state index contributed by atoms with van der Waals surface area (Å²) in [7, 11) is 0. The lowest BCUT2D eigenvalue weighted by atomic mass is 10.2. The number of halogens is 2. The molecule has 0 spiro atoms. The number of hydrogen-bond acceptors (Lipinski definition) is 3. The second-order valence-corrected chi connectivity index (χ2v) is 5.87. The van der Waals surface area contributed by atoms with E-state index in [9.17, 15) is 4.39 Å². The third-order valence-electron chi connectivity index (χ3n) is 2.28. The summed E-state index contributed by atoms with van der Waals surface area (Å²) in [6.07, 6.45) is 1.87. The number of aryl methyl sites for hydroxylation is 1. The van der Waals surface area contributed by atoms with Gasteiger partial charge in [0.2, 0.25) is 0 Å². The van der Waals surface area contributed by atoms with E-state index in [1.54, 1.807) is 17.4 Å². The molecule has 2 aromatic rings. The molecule has 0 atom stereocenters. The number of hydrogen-bond donors (Lipinski definition) is 1. The topological polar surface area (TPSA) is 24.9 Å². The van der Waals surface area contributed by atoms with Gasteiger partial charge in [0.05, 0.1) is 9.48 Å².